The van der Waals surface area contributed by atoms with Gasteiger partial charge in [-0.25, -0.2) is 0 Å². The molecule has 13 heavy (non-hydrogen) atoms. The molecule has 3 nitrogen and oxygen atoms in total. The van der Waals surface area contributed by atoms with E-state index in [4.69, 9.17) is 5.11 Å². The number of hydrogen-bond acceptors (Lipinski definition) is 2. The van der Waals surface area contributed by atoms with E-state index in [0.717, 1.165) is 19.4 Å². The largest absolute Gasteiger partial charge is 0.480 e. The van der Waals surface area contributed by atoms with Gasteiger partial charge in [0.05, 0.1) is 0 Å². The predicted molar refractivity (Wildman–Crippen MR) is 53.8 cm³/mol. The number of carboxylic acid groups (broad SMARTS) is 1. The van der Waals surface area contributed by atoms with Gasteiger partial charge in [-0.1, -0.05) is 33.6 Å². The van der Waals surface area contributed by atoms with Gasteiger partial charge < -0.3 is 10.4 Å². The summed E-state index contributed by atoms with van der Waals surface area (Å²) in [7, 11) is 0. The fraction of sp³-hybridized carbons (Fsp3) is 0.900. The molecule has 78 valence electrons. The van der Waals surface area contributed by atoms with E-state index in [9.17, 15) is 4.79 Å². The Labute approximate surface area is 80.5 Å². The average molecular weight is 187 g/mol. The molecule has 0 spiro atoms. The van der Waals surface area contributed by atoms with E-state index in [1.165, 1.54) is 0 Å². The lowest BCUT2D eigenvalue weighted by atomic mass is 10.0. The summed E-state index contributed by atoms with van der Waals surface area (Å²) in [5.41, 5.74) is 0. The third-order valence-corrected chi connectivity index (χ3v) is 2.51. The Bertz CT molecular complexity index is 144. The lowest BCUT2D eigenvalue weighted by Crippen LogP contribution is -2.38. The highest BCUT2D eigenvalue weighted by Gasteiger charge is 2.15. The lowest BCUT2D eigenvalue weighted by Gasteiger charge is -2.17. The standard InChI is InChI=1S/C10H21NO2/c1-4-8(5-2)7-11-9(6-3)10(12)13/h8-9,11H,4-7H2,1-3H3,(H,12,13). The van der Waals surface area contributed by atoms with Crippen molar-refractivity contribution in [2.75, 3.05) is 6.54 Å². The Hall–Kier alpha value is -0.570. The summed E-state index contributed by atoms with van der Waals surface area (Å²) in [4.78, 5) is 10.7. The topological polar surface area (TPSA) is 49.3 Å². The van der Waals surface area contributed by atoms with Gasteiger partial charge in [0, 0.05) is 0 Å². The van der Waals surface area contributed by atoms with Crippen LogP contribution in [0.5, 0.6) is 0 Å². The van der Waals surface area contributed by atoms with Crippen LogP contribution in [0.25, 0.3) is 0 Å². The molecule has 0 aromatic heterocycles. The van der Waals surface area contributed by atoms with Crippen LogP contribution in [-0.2, 0) is 4.79 Å². The van der Waals surface area contributed by atoms with Gasteiger partial charge in [0.1, 0.15) is 6.04 Å². The first-order valence-electron chi connectivity index (χ1n) is 5.11. The molecule has 0 aromatic carbocycles. The molecule has 0 heterocycles. The second-order valence-corrected chi connectivity index (χ2v) is 3.39. The molecule has 0 rings (SSSR count). The molecular formula is C10H21NO2. The van der Waals surface area contributed by atoms with Gasteiger partial charge in [-0.2, -0.15) is 0 Å². The van der Waals surface area contributed by atoms with Crippen LogP contribution in [0.15, 0.2) is 0 Å². The van der Waals surface area contributed by atoms with E-state index in [1.807, 2.05) is 6.92 Å². The fourth-order valence-electron chi connectivity index (χ4n) is 1.29. The van der Waals surface area contributed by atoms with Crippen molar-refractivity contribution in [2.24, 2.45) is 5.92 Å². The molecule has 0 bridgehead atoms. The van der Waals surface area contributed by atoms with Crippen LogP contribution in [0.2, 0.25) is 0 Å². The third-order valence-electron chi connectivity index (χ3n) is 2.51. The first kappa shape index (κ1) is 12.4. The quantitative estimate of drug-likeness (QED) is 0.639. The van der Waals surface area contributed by atoms with Gasteiger partial charge in [0.25, 0.3) is 0 Å². The normalized spacial score (nSPS) is 13.2. The fourth-order valence-corrected chi connectivity index (χ4v) is 1.29. The van der Waals surface area contributed by atoms with Crippen LogP contribution in [0.4, 0.5) is 0 Å². The van der Waals surface area contributed by atoms with E-state index in [0.29, 0.717) is 12.3 Å². The zero-order valence-electron chi connectivity index (χ0n) is 8.84. The molecule has 0 aliphatic heterocycles. The Morgan fingerprint density at radius 3 is 2.08 bits per heavy atom. The highest BCUT2D eigenvalue weighted by Crippen LogP contribution is 2.06. The molecule has 0 saturated heterocycles. The first-order valence-corrected chi connectivity index (χ1v) is 5.11. The van der Waals surface area contributed by atoms with E-state index >= 15 is 0 Å². The van der Waals surface area contributed by atoms with Crippen molar-refractivity contribution in [3.63, 3.8) is 0 Å². The summed E-state index contributed by atoms with van der Waals surface area (Å²) in [6, 6.07) is -0.374. The average Bonchev–Trinajstić information content (AvgIpc) is 2.12. The van der Waals surface area contributed by atoms with Gasteiger partial charge in [-0.05, 0) is 18.9 Å². The highest BCUT2D eigenvalue weighted by atomic mass is 16.4. The maximum Gasteiger partial charge on any atom is 0.320 e. The third kappa shape index (κ3) is 4.88. The lowest BCUT2D eigenvalue weighted by molar-refractivity contribution is -0.139. The van der Waals surface area contributed by atoms with E-state index in [1.54, 1.807) is 0 Å². The molecule has 0 aliphatic rings. The van der Waals surface area contributed by atoms with Gasteiger partial charge in [0.2, 0.25) is 0 Å². The first-order chi connectivity index (χ1) is 6.15. The van der Waals surface area contributed by atoms with Gasteiger partial charge in [0.15, 0.2) is 0 Å². The summed E-state index contributed by atoms with van der Waals surface area (Å²) in [6.07, 6.45) is 2.87. The molecule has 0 radical (unpaired) electrons. The molecule has 1 atom stereocenters. The molecule has 0 fully saturated rings. The summed E-state index contributed by atoms with van der Waals surface area (Å²) in [5, 5.41) is 11.8. The minimum absolute atomic E-state index is 0.374. The van der Waals surface area contributed by atoms with E-state index in [-0.39, 0.29) is 6.04 Å². The summed E-state index contributed by atoms with van der Waals surface area (Å²) >= 11 is 0. The molecule has 0 aromatic rings. The summed E-state index contributed by atoms with van der Waals surface area (Å²) in [5.74, 6) is -0.137. The maximum absolute atomic E-state index is 10.7. The Balaban J connectivity index is 3.76. The van der Waals surface area contributed by atoms with Crippen molar-refractivity contribution in [1.82, 2.24) is 5.32 Å². The molecule has 0 amide bonds. The molecule has 0 saturated carbocycles. The van der Waals surface area contributed by atoms with Gasteiger partial charge in [-0.3, -0.25) is 4.79 Å². The zero-order chi connectivity index (χ0) is 10.3. The molecular weight excluding hydrogens is 166 g/mol. The predicted octanol–water partition coefficient (Wildman–Crippen LogP) is 1.88. The minimum atomic E-state index is -0.742. The van der Waals surface area contributed by atoms with Crippen molar-refractivity contribution in [3.05, 3.63) is 0 Å². The van der Waals surface area contributed by atoms with Crippen LogP contribution in [0.1, 0.15) is 40.0 Å². The minimum Gasteiger partial charge on any atom is -0.480 e. The van der Waals surface area contributed by atoms with Crippen LogP contribution in [0, 0.1) is 5.92 Å². The number of carbonyl (C=O) groups is 1. The monoisotopic (exact) mass is 187 g/mol. The highest BCUT2D eigenvalue weighted by molar-refractivity contribution is 5.73. The summed E-state index contributed by atoms with van der Waals surface area (Å²) in [6.45, 7) is 6.98. The number of rotatable bonds is 7. The Morgan fingerprint density at radius 2 is 1.77 bits per heavy atom. The Kier molecular flexibility index (Phi) is 6.59. The molecule has 2 N–H and O–H groups in total. The van der Waals surface area contributed by atoms with Crippen LogP contribution in [0.3, 0.4) is 0 Å². The van der Waals surface area contributed by atoms with Crippen LogP contribution < -0.4 is 5.32 Å². The second-order valence-electron chi connectivity index (χ2n) is 3.39. The smallest absolute Gasteiger partial charge is 0.320 e. The SMILES string of the molecule is CCC(CC)CNC(CC)C(=O)O. The second kappa shape index (κ2) is 6.89. The van der Waals surface area contributed by atoms with Crippen molar-refractivity contribution < 1.29 is 9.90 Å². The number of nitrogens with one attached hydrogen (secondary N) is 1. The van der Waals surface area contributed by atoms with Crippen LogP contribution in [-0.4, -0.2) is 23.7 Å². The number of carboxylic acids is 1. The zero-order valence-corrected chi connectivity index (χ0v) is 8.84. The van der Waals surface area contributed by atoms with Crippen molar-refractivity contribution in [1.29, 1.82) is 0 Å². The molecule has 3 heteroatoms. The van der Waals surface area contributed by atoms with Gasteiger partial charge >= 0.3 is 5.97 Å². The molecule has 0 aliphatic carbocycles. The molecule has 1 unspecified atom stereocenters. The van der Waals surface area contributed by atoms with Crippen molar-refractivity contribution >= 4 is 5.97 Å². The number of aliphatic carboxylic acids is 1. The van der Waals surface area contributed by atoms with Crippen LogP contribution >= 0.6 is 0 Å². The van der Waals surface area contributed by atoms with E-state index in [2.05, 4.69) is 19.2 Å². The van der Waals surface area contributed by atoms with Gasteiger partial charge in [-0.15, -0.1) is 0 Å². The summed E-state index contributed by atoms with van der Waals surface area (Å²) < 4.78 is 0. The number of hydrogen-bond donors (Lipinski definition) is 2. The maximum atomic E-state index is 10.7. The Morgan fingerprint density at radius 1 is 1.23 bits per heavy atom. The van der Waals surface area contributed by atoms with E-state index < -0.39 is 5.97 Å². The van der Waals surface area contributed by atoms with Crippen molar-refractivity contribution in [2.45, 2.75) is 46.1 Å². The van der Waals surface area contributed by atoms with Crippen molar-refractivity contribution in [3.8, 4) is 0 Å².